The van der Waals surface area contributed by atoms with Gasteiger partial charge in [-0.15, -0.1) is 4.31 Å². The zero-order chi connectivity index (χ0) is 23.2. The molecule has 0 spiro atoms. The van der Waals surface area contributed by atoms with Crippen LogP contribution in [-0.2, 0) is 46.9 Å². The molecule has 2 aliphatic carbocycles. The van der Waals surface area contributed by atoms with Gasteiger partial charge in [0.1, 0.15) is 0 Å². The summed E-state index contributed by atoms with van der Waals surface area (Å²) in [5.74, 6) is 0.129. The summed E-state index contributed by atoms with van der Waals surface area (Å²) in [6.45, 7) is 0.649. The zero-order valence-electron chi connectivity index (χ0n) is 18.4. The van der Waals surface area contributed by atoms with Gasteiger partial charge in [-0.05, 0) is 60.8 Å². The molecule has 2 amide bonds. The van der Waals surface area contributed by atoms with Crippen molar-refractivity contribution in [3.63, 3.8) is 0 Å². The third-order valence-electron chi connectivity index (χ3n) is 6.68. The lowest BCUT2D eigenvalue weighted by atomic mass is 9.99. The van der Waals surface area contributed by atoms with Crippen LogP contribution in [0.1, 0.15) is 41.5 Å². The first-order valence-electron chi connectivity index (χ1n) is 11.1. The Morgan fingerprint density at radius 1 is 1.33 bits per heavy atom. The first kappa shape index (κ1) is 21.7. The number of nitriles is 1. The number of nitrogens with one attached hydrogen (secondary N) is 2. The number of urea groups is 1. The number of amides is 2. The molecule has 2 heterocycles. The number of rotatable bonds is 4. The number of hydrogen-bond acceptors (Lipinski definition) is 7. The summed E-state index contributed by atoms with van der Waals surface area (Å²) in [4.78, 5) is 13.1. The van der Waals surface area contributed by atoms with Crippen molar-refractivity contribution < 1.29 is 18.5 Å². The molecule has 174 valence electrons. The summed E-state index contributed by atoms with van der Waals surface area (Å²) in [6, 6.07) is 1.36. The minimum absolute atomic E-state index is 0.0977. The fraction of sp³-hybridized carbons (Fsp3) is 0.500. The van der Waals surface area contributed by atoms with Gasteiger partial charge >= 0.3 is 6.03 Å². The molecule has 5 rings (SSSR count). The summed E-state index contributed by atoms with van der Waals surface area (Å²) in [6.07, 6.45) is 9.03. The Balaban J connectivity index is 1.47. The Morgan fingerprint density at radius 3 is 2.67 bits per heavy atom. The fourth-order valence-electron chi connectivity index (χ4n) is 5.03. The van der Waals surface area contributed by atoms with E-state index >= 15 is 0 Å². The fourth-order valence-corrected chi connectivity index (χ4v) is 6.21. The van der Waals surface area contributed by atoms with E-state index in [1.54, 1.807) is 13.3 Å². The van der Waals surface area contributed by atoms with E-state index in [4.69, 9.17) is 14.3 Å². The molecule has 2 N–H and O–H groups in total. The number of methoxy groups -OCH3 is 1. The average molecular weight is 471 g/mol. The maximum atomic E-state index is 13.6. The van der Waals surface area contributed by atoms with Crippen LogP contribution >= 0.6 is 0 Å². The van der Waals surface area contributed by atoms with Crippen molar-refractivity contribution >= 4 is 21.6 Å². The molecular weight excluding hydrogens is 444 g/mol. The molecule has 1 aliphatic heterocycles. The van der Waals surface area contributed by atoms with Crippen LogP contribution in [0.3, 0.4) is 0 Å². The third-order valence-corrected chi connectivity index (χ3v) is 8.32. The van der Waals surface area contributed by atoms with Crippen LogP contribution in [0.5, 0.6) is 5.88 Å². The van der Waals surface area contributed by atoms with Crippen molar-refractivity contribution in [1.82, 2.24) is 14.1 Å². The van der Waals surface area contributed by atoms with Gasteiger partial charge < -0.3 is 14.8 Å². The highest BCUT2D eigenvalue weighted by Crippen LogP contribution is 2.39. The van der Waals surface area contributed by atoms with Gasteiger partial charge in [-0.25, -0.2) is 18.5 Å². The van der Waals surface area contributed by atoms with Crippen molar-refractivity contribution in [3.05, 3.63) is 34.5 Å². The van der Waals surface area contributed by atoms with Gasteiger partial charge in [-0.1, -0.05) is 6.07 Å². The second-order valence-corrected chi connectivity index (χ2v) is 10.4. The minimum Gasteiger partial charge on any atom is -0.477 e. The number of hydrogen-bond donors (Lipinski definition) is 2. The van der Waals surface area contributed by atoms with Gasteiger partial charge in [0.25, 0.3) is 0 Å². The van der Waals surface area contributed by atoms with Crippen molar-refractivity contribution in [3.8, 4) is 12.1 Å². The van der Waals surface area contributed by atoms with Crippen molar-refractivity contribution in [2.24, 2.45) is 0 Å². The predicted molar refractivity (Wildman–Crippen MR) is 119 cm³/mol. The van der Waals surface area contributed by atoms with Crippen LogP contribution in [0.25, 0.3) is 0 Å². The molecule has 2 unspecified atom stereocenters. The second-order valence-electron chi connectivity index (χ2n) is 8.58. The number of aromatic nitrogens is 2. The Morgan fingerprint density at radius 2 is 2.03 bits per heavy atom. The number of ether oxygens (including phenoxy) is 2. The van der Waals surface area contributed by atoms with E-state index in [1.807, 2.05) is 0 Å². The molecule has 11 heteroatoms. The number of nitrogens with zero attached hydrogens (tertiary/aromatic N) is 4. The molecule has 2 atom stereocenters. The quantitative estimate of drug-likeness (QED) is 0.521. The van der Waals surface area contributed by atoms with Crippen LogP contribution in [0, 0.1) is 16.2 Å². The van der Waals surface area contributed by atoms with Crippen molar-refractivity contribution in [2.45, 2.75) is 62.5 Å². The van der Waals surface area contributed by atoms with Crippen LogP contribution in [0.2, 0.25) is 0 Å². The molecule has 0 bridgehead atoms. The molecule has 3 aliphatic rings. The number of carbonyl (C=O) groups excluding carboxylic acids is 1. The third kappa shape index (κ3) is 3.63. The number of aryl methyl sites for hydroxylation is 2. The number of carbonyl (C=O) groups is 1. The van der Waals surface area contributed by atoms with Gasteiger partial charge in [-0.2, -0.15) is 10.4 Å². The minimum atomic E-state index is -4.03. The monoisotopic (exact) mass is 470 g/mol. The van der Waals surface area contributed by atoms with E-state index in [-0.39, 0.29) is 23.5 Å². The van der Waals surface area contributed by atoms with E-state index in [9.17, 15) is 14.3 Å². The Kier molecular flexibility index (Phi) is 5.50. The first-order valence-corrected chi connectivity index (χ1v) is 12.6. The SMILES string of the molecule is COC1CCOc2c(S(=N)(=O)N(C#N)C(=O)Nc3c4c(cc5c3CCC5)CCC4)cnn2C1. The van der Waals surface area contributed by atoms with E-state index in [0.717, 1.165) is 55.3 Å². The summed E-state index contributed by atoms with van der Waals surface area (Å²) in [5, 5.41) is 16.8. The summed E-state index contributed by atoms with van der Waals surface area (Å²) in [5.41, 5.74) is 5.36. The lowest BCUT2D eigenvalue weighted by Gasteiger charge is -2.21. The van der Waals surface area contributed by atoms with E-state index in [0.29, 0.717) is 17.3 Å². The summed E-state index contributed by atoms with van der Waals surface area (Å²) < 4.78 is 35.1. The summed E-state index contributed by atoms with van der Waals surface area (Å²) >= 11 is 0. The molecule has 0 radical (unpaired) electrons. The molecule has 33 heavy (non-hydrogen) atoms. The van der Waals surface area contributed by atoms with Crippen LogP contribution in [0.15, 0.2) is 17.2 Å². The maximum absolute atomic E-state index is 13.6. The molecular formula is C22H26N6O4S. The number of anilines is 1. The smallest absolute Gasteiger partial charge is 0.348 e. The first-order chi connectivity index (χ1) is 15.9. The van der Waals surface area contributed by atoms with Crippen molar-refractivity contribution in [2.75, 3.05) is 19.0 Å². The Hall–Kier alpha value is -3.10. The molecule has 2 aromatic rings. The molecule has 0 saturated heterocycles. The normalized spacial score (nSPS) is 20.4. The van der Waals surface area contributed by atoms with Gasteiger partial charge in [0, 0.05) is 19.2 Å². The lowest BCUT2D eigenvalue weighted by molar-refractivity contribution is 0.0775. The van der Waals surface area contributed by atoms with Crippen LogP contribution in [0.4, 0.5) is 10.5 Å². The van der Waals surface area contributed by atoms with Gasteiger partial charge in [-0.3, -0.25) is 0 Å². The second kappa shape index (κ2) is 8.35. The van der Waals surface area contributed by atoms with Gasteiger partial charge in [0.2, 0.25) is 12.1 Å². The topological polar surface area (TPSA) is 133 Å². The maximum Gasteiger partial charge on any atom is 0.348 e. The predicted octanol–water partition coefficient (Wildman–Crippen LogP) is 2.99. The van der Waals surface area contributed by atoms with Crippen molar-refractivity contribution in [1.29, 1.82) is 10.0 Å². The highest BCUT2D eigenvalue weighted by molar-refractivity contribution is 7.91. The van der Waals surface area contributed by atoms with Gasteiger partial charge in [0.15, 0.2) is 14.8 Å². The highest BCUT2D eigenvalue weighted by Gasteiger charge is 2.35. The lowest BCUT2D eigenvalue weighted by Crippen LogP contribution is -2.36. The van der Waals surface area contributed by atoms with E-state index < -0.39 is 15.9 Å². The van der Waals surface area contributed by atoms with Crippen LogP contribution < -0.4 is 10.1 Å². The molecule has 0 saturated carbocycles. The Bertz CT molecular complexity index is 1230. The van der Waals surface area contributed by atoms with Gasteiger partial charge in [0.05, 0.1) is 25.5 Å². The van der Waals surface area contributed by atoms with E-state index in [2.05, 4.69) is 16.5 Å². The number of benzene rings is 1. The average Bonchev–Trinajstić information content (AvgIpc) is 3.51. The highest BCUT2D eigenvalue weighted by atomic mass is 32.2. The standard InChI is InChI=1S/C22H26N6O4S/c1-31-16-8-9-32-21-19(11-25-27(21)12-16)33(24,30)28(13-23)22(29)26-20-17-6-2-4-14(17)10-15-5-3-7-18(15)20/h10-11,16,24H,2-9,12H2,1H3,(H,26,29). The molecule has 0 fully saturated rings. The molecule has 1 aromatic heterocycles. The summed E-state index contributed by atoms with van der Waals surface area (Å²) in [7, 11) is -2.44. The zero-order valence-corrected chi connectivity index (χ0v) is 19.2. The van der Waals surface area contributed by atoms with Crippen LogP contribution in [-0.4, -0.2) is 44.1 Å². The Labute approximate surface area is 192 Å². The molecule has 1 aromatic carbocycles. The molecule has 10 nitrogen and oxygen atoms in total. The largest absolute Gasteiger partial charge is 0.477 e. The van der Waals surface area contributed by atoms with E-state index in [1.165, 1.54) is 22.0 Å². The number of fused-ring (bicyclic) bond motifs is 3.